The zero-order chi connectivity index (χ0) is 11.3. The predicted octanol–water partition coefficient (Wildman–Crippen LogP) is 3.29. The largest absolute Gasteiger partial charge is 0.439 e. The topological polar surface area (TPSA) is 18.5 Å². The summed E-state index contributed by atoms with van der Waals surface area (Å²) in [5.41, 5.74) is 0. The maximum atomic E-state index is 6.03. The second-order valence-corrected chi connectivity index (χ2v) is 11.5. The summed E-state index contributed by atoms with van der Waals surface area (Å²) >= 11 is 0. The Morgan fingerprint density at radius 2 is 1.73 bits per heavy atom. The summed E-state index contributed by atoms with van der Waals surface area (Å²) in [4.78, 5) is 0. The molecule has 0 aliphatic heterocycles. The average Bonchev–Trinajstić information content (AvgIpc) is 2.15. The Morgan fingerprint density at radius 3 is 2.27 bits per heavy atom. The molecule has 4 heteroatoms. The standard InChI is InChI=1S/C11H26O2Si2/c1-14(2)13-15(3,4)12-10-11-8-6-5-7-9-11/h11,14H,5-10H2,1-4H3. The molecule has 90 valence electrons. The Bertz CT molecular complexity index is 177. The van der Waals surface area contributed by atoms with Crippen LogP contribution in [0.2, 0.25) is 26.2 Å². The molecule has 0 amide bonds. The van der Waals surface area contributed by atoms with Gasteiger partial charge in [0.1, 0.15) is 0 Å². The van der Waals surface area contributed by atoms with E-state index in [1.54, 1.807) is 0 Å². The molecule has 0 unspecified atom stereocenters. The fraction of sp³-hybridized carbons (Fsp3) is 1.00. The van der Waals surface area contributed by atoms with Crippen LogP contribution in [-0.2, 0) is 8.54 Å². The fourth-order valence-electron chi connectivity index (χ4n) is 2.27. The second-order valence-electron chi connectivity index (χ2n) is 5.38. The van der Waals surface area contributed by atoms with Crippen molar-refractivity contribution in [2.75, 3.05) is 6.61 Å². The third kappa shape index (κ3) is 5.85. The van der Waals surface area contributed by atoms with Gasteiger partial charge in [-0.1, -0.05) is 19.3 Å². The van der Waals surface area contributed by atoms with Crippen LogP contribution >= 0.6 is 0 Å². The lowest BCUT2D eigenvalue weighted by molar-refractivity contribution is 0.174. The maximum Gasteiger partial charge on any atom is 0.321 e. The Hall–Kier alpha value is 0.354. The molecular formula is C11H26O2Si2. The van der Waals surface area contributed by atoms with E-state index in [-0.39, 0.29) is 0 Å². The highest BCUT2D eigenvalue weighted by Gasteiger charge is 2.27. The first-order chi connectivity index (χ1) is 6.99. The van der Waals surface area contributed by atoms with Gasteiger partial charge in [-0.05, 0) is 44.9 Å². The third-order valence-corrected chi connectivity index (χ3v) is 7.93. The van der Waals surface area contributed by atoms with Gasteiger partial charge in [-0.3, -0.25) is 0 Å². The van der Waals surface area contributed by atoms with Crippen molar-refractivity contribution < 1.29 is 8.54 Å². The quantitative estimate of drug-likeness (QED) is 0.693. The van der Waals surface area contributed by atoms with E-state index < -0.39 is 17.6 Å². The van der Waals surface area contributed by atoms with Gasteiger partial charge < -0.3 is 8.54 Å². The first-order valence-electron chi connectivity index (χ1n) is 6.31. The Labute approximate surface area is 97.3 Å². The average molecular weight is 246 g/mol. The Morgan fingerprint density at radius 1 is 1.13 bits per heavy atom. The molecule has 1 saturated carbocycles. The highest BCUT2D eigenvalue weighted by atomic mass is 28.4. The molecule has 0 atom stereocenters. The van der Waals surface area contributed by atoms with Crippen LogP contribution < -0.4 is 0 Å². The van der Waals surface area contributed by atoms with E-state index in [2.05, 4.69) is 26.2 Å². The van der Waals surface area contributed by atoms with E-state index in [4.69, 9.17) is 8.54 Å². The van der Waals surface area contributed by atoms with Gasteiger partial charge >= 0.3 is 8.56 Å². The van der Waals surface area contributed by atoms with Crippen LogP contribution in [0, 0.1) is 5.92 Å². The van der Waals surface area contributed by atoms with Crippen molar-refractivity contribution in [1.82, 2.24) is 0 Å². The van der Waals surface area contributed by atoms with Crippen molar-refractivity contribution in [1.29, 1.82) is 0 Å². The van der Waals surface area contributed by atoms with Gasteiger partial charge in [0.25, 0.3) is 0 Å². The first-order valence-corrected chi connectivity index (χ1v) is 11.9. The zero-order valence-electron chi connectivity index (χ0n) is 10.7. The number of rotatable bonds is 5. The molecule has 0 aromatic heterocycles. The van der Waals surface area contributed by atoms with Gasteiger partial charge in [0.2, 0.25) is 0 Å². The second kappa shape index (κ2) is 6.18. The molecule has 0 heterocycles. The van der Waals surface area contributed by atoms with Crippen LogP contribution in [0.3, 0.4) is 0 Å². The molecule has 1 aliphatic carbocycles. The summed E-state index contributed by atoms with van der Waals surface area (Å²) in [6.45, 7) is 9.75. The van der Waals surface area contributed by atoms with E-state index in [0.29, 0.717) is 0 Å². The van der Waals surface area contributed by atoms with Gasteiger partial charge in [0.05, 0.1) is 0 Å². The van der Waals surface area contributed by atoms with Crippen molar-refractivity contribution in [3.05, 3.63) is 0 Å². The Balaban J connectivity index is 2.21. The highest BCUT2D eigenvalue weighted by molar-refractivity contribution is 6.72. The predicted molar refractivity (Wildman–Crippen MR) is 70.0 cm³/mol. The molecule has 1 rings (SSSR count). The summed E-state index contributed by atoms with van der Waals surface area (Å²) in [5, 5.41) is 0. The molecule has 15 heavy (non-hydrogen) atoms. The Kier molecular flexibility index (Phi) is 5.53. The molecule has 0 bridgehead atoms. The number of hydrogen-bond acceptors (Lipinski definition) is 2. The number of hydrogen-bond donors (Lipinski definition) is 0. The van der Waals surface area contributed by atoms with Crippen molar-refractivity contribution in [2.24, 2.45) is 5.92 Å². The van der Waals surface area contributed by atoms with Crippen molar-refractivity contribution >= 4 is 17.6 Å². The maximum absolute atomic E-state index is 6.03. The van der Waals surface area contributed by atoms with Crippen LogP contribution in [0.5, 0.6) is 0 Å². The van der Waals surface area contributed by atoms with Crippen molar-refractivity contribution in [3.8, 4) is 0 Å². The molecule has 0 aromatic rings. The van der Waals surface area contributed by atoms with Crippen LogP contribution in [0.15, 0.2) is 0 Å². The summed E-state index contributed by atoms with van der Waals surface area (Å²) in [7, 11) is -2.72. The summed E-state index contributed by atoms with van der Waals surface area (Å²) in [6, 6.07) is 0. The molecule has 2 nitrogen and oxygen atoms in total. The van der Waals surface area contributed by atoms with Crippen molar-refractivity contribution in [2.45, 2.75) is 58.3 Å². The minimum absolute atomic E-state index is 0.808. The molecule has 0 N–H and O–H groups in total. The van der Waals surface area contributed by atoms with Crippen LogP contribution in [0.4, 0.5) is 0 Å². The van der Waals surface area contributed by atoms with Gasteiger partial charge in [0.15, 0.2) is 9.04 Å². The lowest BCUT2D eigenvalue weighted by Gasteiger charge is -2.29. The van der Waals surface area contributed by atoms with Gasteiger partial charge in [-0.25, -0.2) is 0 Å². The molecule has 1 aliphatic rings. The highest BCUT2D eigenvalue weighted by Crippen LogP contribution is 2.25. The zero-order valence-corrected chi connectivity index (χ0v) is 12.9. The SMILES string of the molecule is C[SiH](C)O[Si](C)(C)OCC1CCCCC1. The van der Waals surface area contributed by atoms with Crippen molar-refractivity contribution in [3.63, 3.8) is 0 Å². The monoisotopic (exact) mass is 246 g/mol. The van der Waals surface area contributed by atoms with E-state index >= 15 is 0 Å². The van der Waals surface area contributed by atoms with E-state index in [1.165, 1.54) is 32.1 Å². The normalized spacial score (nSPS) is 19.8. The lowest BCUT2D eigenvalue weighted by atomic mass is 9.90. The van der Waals surface area contributed by atoms with Crippen LogP contribution in [0.25, 0.3) is 0 Å². The molecule has 1 fully saturated rings. The van der Waals surface area contributed by atoms with Crippen LogP contribution in [-0.4, -0.2) is 24.2 Å². The molecular weight excluding hydrogens is 220 g/mol. The lowest BCUT2D eigenvalue weighted by Crippen LogP contribution is -2.40. The summed E-state index contributed by atoms with van der Waals surface area (Å²) in [6.07, 6.45) is 6.95. The smallest absolute Gasteiger partial charge is 0.321 e. The van der Waals surface area contributed by atoms with E-state index in [9.17, 15) is 0 Å². The van der Waals surface area contributed by atoms with Gasteiger partial charge in [0, 0.05) is 6.61 Å². The van der Waals surface area contributed by atoms with E-state index in [1.807, 2.05) is 0 Å². The summed E-state index contributed by atoms with van der Waals surface area (Å²) < 4.78 is 12.0. The minimum atomic E-state index is -1.79. The van der Waals surface area contributed by atoms with Gasteiger partial charge in [-0.15, -0.1) is 0 Å². The van der Waals surface area contributed by atoms with Gasteiger partial charge in [-0.2, -0.15) is 0 Å². The molecule has 0 radical (unpaired) electrons. The molecule has 0 spiro atoms. The third-order valence-electron chi connectivity index (χ3n) is 2.91. The minimum Gasteiger partial charge on any atom is -0.439 e. The molecule has 0 saturated heterocycles. The van der Waals surface area contributed by atoms with Crippen LogP contribution in [0.1, 0.15) is 32.1 Å². The van der Waals surface area contributed by atoms with E-state index in [0.717, 1.165) is 12.5 Å². The summed E-state index contributed by atoms with van der Waals surface area (Å²) in [5.74, 6) is 0.808. The molecule has 0 aromatic carbocycles. The fourth-order valence-corrected chi connectivity index (χ4v) is 7.72. The first kappa shape index (κ1) is 13.4.